The van der Waals surface area contributed by atoms with Gasteiger partial charge in [-0.2, -0.15) is 0 Å². The molecule has 170 valence electrons. The fraction of sp³-hybridized carbons (Fsp3) is 0.120. The maximum atomic E-state index is 12.7. The van der Waals surface area contributed by atoms with Gasteiger partial charge in [-0.3, -0.25) is 9.36 Å². The second kappa shape index (κ2) is 9.66. The summed E-state index contributed by atoms with van der Waals surface area (Å²) < 4.78 is 7.53. The van der Waals surface area contributed by atoms with E-state index in [1.54, 1.807) is 11.6 Å². The maximum Gasteiger partial charge on any atom is 0.275 e. The molecule has 0 saturated carbocycles. The Kier molecular flexibility index (Phi) is 6.29. The zero-order chi connectivity index (χ0) is 23.5. The van der Waals surface area contributed by atoms with Crippen molar-refractivity contribution in [3.8, 4) is 17.3 Å². The molecule has 5 aromatic rings. The topological polar surface area (TPSA) is 85.8 Å². The molecule has 0 saturated heterocycles. The molecule has 0 aliphatic heterocycles. The average Bonchev–Trinajstić information content (AvgIpc) is 3.61. The van der Waals surface area contributed by atoms with Crippen molar-refractivity contribution in [2.24, 2.45) is 0 Å². The summed E-state index contributed by atoms with van der Waals surface area (Å²) in [5.41, 5.74) is 4.42. The van der Waals surface area contributed by atoms with E-state index < -0.39 is 0 Å². The number of anilines is 1. The van der Waals surface area contributed by atoms with Gasteiger partial charge in [0.15, 0.2) is 10.9 Å². The van der Waals surface area contributed by atoms with Crippen molar-refractivity contribution in [3.05, 3.63) is 94.1 Å². The molecule has 3 aromatic heterocycles. The van der Waals surface area contributed by atoms with Crippen molar-refractivity contribution < 1.29 is 9.21 Å². The van der Waals surface area contributed by atoms with Gasteiger partial charge in [0.25, 0.3) is 5.91 Å². The Morgan fingerprint density at radius 1 is 1.06 bits per heavy atom. The molecular formula is C25H21N5O2S2. The predicted molar refractivity (Wildman–Crippen MR) is 135 cm³/mol. The molecule has 7 nitrogen and oxygen atoms in total. The summed E-state index contributed by atoms with van der Waals surface area (Å²) in [7, 11) is 0. The minimum absolute atomic E-state index is 0.219. The number of amides is 1. The maximum absolute atomic E-state index is 12.7. The third kappa shape index (κ3) is 4.66. The van der Waals surface area contributed by atoms with E-state index in [0.717, 1.165) is 21.9 Å². The largest absolute Gasteiger partial charge is 0.461 e. The Morgan fingerprint density at radius 3 is 2.68 bits per heavy atom. The Morgan fingerprint density at radius 2 is 1.91 bits per heavy atom. The molecular weight excluding hydrogens is 466 g/mol. The van der Waals surface area contributed by atoms with Crippen LogP contribution in [0.3, 0.4) is 0 Å². The molecule has 1 amide bonds. The van der Waals surface area contributed by atoms with Crippen LogP contribution in [0.2, 0.25) is 0 Å². The van der Waals surface area contributed by atoms with E-state index in [2.05, 4.69) is 20.5 Å². The van der Waals surface area contributed by atoms with Crippen molar-refractivity contribution in [1.82, 2.24) is 19.7 Å². The highest BCUT2D eigenvalue weighted by atomic mass is 32.2. The van der Waals surface area contributed by atoms with E-state index in [9.17, 15) is 4.79 Å². The van der Waals surface area contributed by atoms with Gasteiger partial charge in [0.2, 0.25) is 5.82 Å². The molecule has 34 heavy (non-hydrogen) atoms. The molecule has 0 unspecified atom stereocenters. The fourth-order valence-electron chi connectivity index (χ4n) is 3.36. The van der Waals surface area contributed by atoms with Crippen molar-refractivity contribution in [3.63, 3.8) is 0 Å². The van der Waals surface area contributed by atoms with E-state index in [1.165, 1.54) is 28.7 Å². The first kappa shape index (κ1) is 22.1. The monoisotopic (exact) mass is 487 g/mol. The van der Waals surface area contributed by atoms with Gasteiger partial charge in [-0.05, 0) is 61.4 Å². The summed E-state index contributed by atoms with van der Waals surface area (Å²) in [4.78, 5) is 17.2. The summed E-state index contributed by atoms with van der Waals surface area (Å²) in [5.74, 6) is 1.61. The van der Waals surface area contributed by atoms with Gasteiger partial charge < -0.3 is 9.73 Å². The van der Waals surface area contributed by atoms with Crippen molar-refractivity contribution in [1.29, 1.82) is 0 Å². The van der Waals surface area contributed by atoms with Gasteiger partial charge in [0, 0.05) is 16.8 Å². The van der Waals surface area contributed by atoms with Crippen LogP contribution in [-0.4, -0.2) is 25.7 Å². The van der Waals surface area contributed by atoms with E-state index >= 15 is 0 Å². The second-order valence-corrected chi connectivity index (χ2v) is 9.51. The van der Waals surface area contributed by atoms with E-state index in [-0.39, 0.29) is 5.91 Å². The number of nitrogens with one attached hydrogen (secondary N) is 1. The molecule has 0 spiro atoms. The Labute approximate surface area is 204 Å². The smallest absolute Gasteiger partial charge is 0.275 e. The number of para-hydroxylation sites is 1. The van der Waals surface area contributed by atoms with Gasteiger partial charge in [-0.15, -0.1) is 21.5 Å². The number of rotatable bonds is 7. The Bertz CT molecular complexity index is 1430. The van der Waals surface area contributed by atoms with Gasteiger partial charge in [0.1, 0.15) is 10.7 Å². The lowest BCUT2D eigenvalue weighted by Crippen LogP contribution is -2.12. The standard InChI is InChI=1S/C25H21N5O2S2/c1-16-10-11-18(13-17(16)2)26-24(31)20-14-33-22(27-20)15-34-25-29-28-23(21-9-6-12-32-21)30(25)19-7-4-3-5-8-19/h3-14H,15H2,1-2H3,(H,26,31). The molecule has 0 atom stereocenters. The number of thiazole rings is 1. The molecule has 0 bridgehead atoms. The van der Waals surface area contributed by atoms with Crippen LogP contribution >= 0.6 is 23.1 Å². The highest BCUT2D eigenvalue weighted by molar-refractivity contribution is 7.98. The molecule has 2 aromatic carbocycles. The van der Waals surface area contributed by atoms with Crippen LogP contribution in [0, 0.1) is 13.8 Å². The van der Waals surface area contributed by atoms with E-state index in [0.29, 0.717) is 28.2 Å². The Balaban J connectivity index is 1.32. The summed E-state index contributed by atoms with van der Waals surface area (Å²) >= 11 is 2.96. The van der Waals surface area contributed by atoms with Crippen LogP contribution in [0.5, 0.6) is 0 Å². The van der Waals surface area contributed by atoms with Gasteiger partial charge in [0.05, 0.1) is 12.0 Å². The Hall–Kier alpha value is -3.69. The number of carbonyl (C=O) groups is 1. The minimum atomic E-state index is -0.219. The first-order chi connectivity index (χ1) is 16.6. The lowest BCUT2D eigenvalue weighted by molar-refractivity contribution is 0.102. The third-order valence-corrected chi connectivity index (χ3v) is 7.23. The highest BCUT2D eigenvalue weighted by Gasteiger charge is 2.19. The van der Waals surface area contributed by atoms with Crippen LogP contribution in [-0.2, 0) is 5.75 Å². The first-order valence-electron chi connectivity index (χ1n) is 10.6. The molecule has 1 N–H and O–H groups in total. The van der Waals surface area contributed by atoms with Crippen molar-refractivity contribution in [2.45, 2.75) is 24.8 Å². The average molecular weight is 488 g/mol. The molecule has 5 rings (SSSR count). The molecule has 0 fully saturated rings. The van der Waals surface area contributed by atoms with Crippen LogP contribution < -0.4 is 5.32 Å². The normalized spacial score (nSPS) is 11.0. The quantitative estimate of drug-likeness (QED) is 0.277. The second-order valence-electron chi connectivity index (χ2n) is 7.62. The number of benzene rings is 2. The fourth-order valence-corrected chi connectivity index (χ4v) is 5.10. The summed E-state index contributed by atoms with van der Waals surface area (Å²) in [6.07, 6.45) is 1.62. The number of hydrogen-bond acceptors (Lipinski definition) is 7. The number of aromatic nitrogens is 4. The molecule has 9 heteroatoms. The zero-order valence-electron chi connectivity index (χ0n) is 18.6. The molecule has 0 radical (unpaired) electrons. The zero-order valence-corrected chi connectivity index (χ0v) is 20.2. The summed E-state index contributed by atoms with van der Waals surface area (Å²) in [6, 6.07) is 19.4. The van der Waals surface area contributed by atoms with Gasteiger partial charge in [-0.25, -0.2) is 4.98 Å². The van der Waals surface area contributed by atoms with Gasteiger partial charge >= 0.3 is 0 Å². The van der Waals surface area contributed by atoms with Gasteiger partial charge in [-0.1, -0.05) is 36.0 Å². The number of carbonyl (C=O) groups excluding carboxylic acids is 1. The third-order valence-electron chi connectivity index (χ3n) is 5.26. The minimum Gasteiger partial charge on any atom is -0.461 e. The number of aryl methyl sites for hydroxylation is 2. The predicted octanol–water partition coefficient (Wildman–Crippen LogP) is 6.15. The molecule has 0 aliphatic rings. The van der Waals surface area contributed by atoms with Crippen molar-refractivity contribution in [2.75, 3.05) is 5.32 Å². The SMILES string of the molecule is Cc1ccc(NC(=O)c2csc(CSc3nnc(-c4ccco4)n3-c3ccccc3)n2)cc1C. The van der Waals surface area contributed by atoms with Crippen LogP contribution in [0.15, 0.2) is 81.9 Å². The van der Waals surface area contributed by atoms with Crippen LogP contribution in [0.1, 0.15) is 26.6 Å². The lowest BCUT2D eigenvalue weighted by atomic mass is 10.1. The van der Waals surface area contributed by atoms with Crippen LogP contribution in [0.4, 0.5) is 5.69 Å². The van der Waals surface area contributed by atoms with Crippen LogP contribution in [0.25, 0.3) is 17.3 Å². The first-order valence-corrected chi connectivity index (χ1v) is 12.5. The molecule has 0 aliphatic carbocycles. The number of thioether (sulfide) groups is 1. The molecule has 3 heterocycles. The summed E-state index contributed by atoms with van der Waals surface area (Å²) in [5, 5.41) is 15.0. The van der Waals surface area contributed by atoms with E-state index in [1.807, 2.05) is 79.1 Å². The summed E-state index contributed by atoms with van der Waals surface area (Å²) in [6.45, 7) is 4.07. The highest BCUT2D eigenvalue weighted by Crippen LogP contribution is 2.30. The number of nitrogens with zero attached hydrogens (tertiary/aromatic N) is 4. The number of hydrogen-bond donors (Lipinski definition) is 1. The number of furan rings is 1. The van der Waals surface area contributed by atoms with E-state index in [4.69, 9.17) is 4.42 Å². The lowest BCUT2D eigenvalue weighted by Gasteiger charge is -2.08. The van der Waals surface area contributed by atoms with Crippen molar-refractivity contribution >= 4 is 34.7 Å².